The highest BCUT2D eigenvalue weighted by atomic mass is 32.2. The Bertz CT molecular complexity index is 1220. The lowest BCUT2D eigenvalue weighted by Crippen LogP contribution is -2.47. The van der Waals surface area contributed by atoms with Crippen molar-refractivity contribution >= 4 is 33.0 Å². The van der Waals surface area contributed by atoms with Crippen LogP contribution in [0.3, 0.4) is 0 Å². The van der Waals surface area contributed by atoms with Crippen LogP contribution in [0.1, 0.15) is 30.0 Å². The van der Waals surface area contributed by atoms with Crippen molar-refractivity contribution in [3.8, 4) is 0 Å². The lowest BCUT2D eigenvalue weighted by Gasteiger charge is -2.32. The molecule has 5 nitrogen and oxygen atoms in total. The minimum atomic E-state index is -3.26. The Kier molecular flexibility index (Phi) is 6.05. The second-order valence-corrected chi connectivity index (χ2v) is 10.6. The highest BCUT2D eigenvalue weighted by molar-refractivity contribution is 7.90. The van der Waals surface area contributed by atoms with Crippen LogP contribution >= 0.6 is 0 Å². The Morgan fingerprint density at radius 2 is 1.69 bits per heavy atom. The summed E-state index contributed by atoms with van der Waals surface area (Å²) in [5.74, 6) is -0.277. The monoisotopic (exact) mass is 454 g/mol. The van der Waals surface area contributed by atoms with Crippen LogP contribution < -0.4 is 0 Å². The number of benzene rings is 2. The van der Waals surface area contributed by atoms with Gasteiger partial charge in [-0.2, -0.15) is 0 Å². The third kappa shape index (κ3) is 4.54. The van der Waals surface area contributed by atoms with Gasteiger partial charge >= 0.3 is 0 Å². The smallest absolute Gasteiger partial charge is 0.227 e. The van der Waals surface area contributed by atoms with Gasteiger partial charge in [-0.25, -0.2) is 12.8 Å². The van der Waals surface area contributed by atoms with Crippen molar-refractivity contribution < 1.29 is 17.6 Å². The summed E-state index contributed by atoms with van der Waals surface area (Å²) < 4.78 is 37.6. The minimum Gasteiger partial charge on any atom is -0.340 e. The van der Waals surface area contributed by atoms with Crippen molar-refractivity contribution in [1.82, 2.24) is 9.80 Å². The summed E-state index contributed by atoms with van der Waals surface area (Å²) in [6.45, 7) is 5.06. The summed E-state index contributed by atoms with van der Waals surface area (Å²) in [5, 5.41) is 0. The SMILES string of the molecule is CC1=C(CC(=O)N2CCN(C)CC2)c2cc(F)ccc2C1=Cc1ccc(S(C)(=O)=O)cc1. The highest BCUT2D eigenvalue weighted by Gasteiger charge is 2.28. The van der Waals surface area contributed by atoms with Crippen LogP contribution in [-0.2, 0) is 14.6 Å². The predicted octanol–water partition coefficient (Wildman–Crippen LogP) is 3.72. The average molecular weight is 455 g/mol. The van der Waals surface area contributed by atoms with Crippen LogP contribution in [0.4, 0.5) is 4.39 Å². The van der Waals surface area contributed by atoms with E-state index in [-0.39, 0.29) is 23.0 Å². The number of hydrogen-bond acceptors (Lipinski definition) is 4. The molecule has 0 atom stereocenters. The van der Waals surface area contributed by atoms with Gasteiger partial charge in [0.2, 0.25) is 5.91 Å². The molecule has 0 N–H and O–H groups in total. The van der Waals surface area contributed by atoms with Gasteiger partial charge in [-0.1, -0.05) is 18.2 Å². The van der Waals surface area contributed by atoms with Gasteiger partial charge in [-0.15, -0.1) is 0 Å². The topological polar surface area (TPSA) is 57.7 Å². The number of allylic oxidation sites excluding steroid dienone is 2. The van der Waals surface area contributed by atoms with E-state index in [0.29, 0.717) is 13.1 Å². The molecule has 0 radical (unpaired) electrons. The van der Waals surface area contributed by atoms with Crippen LogP contribution in [0.2, 0.25) is 0 Å². The first-order valence-corrected chi connectivity index (χ1v) is 12.5. The number of sulfone groups is 1. The van der Waals surface area contributed by atoms with Crippen molar-refractivity contribution in [1.29, 1.82) is 0 Å². The number of amides is 1. The van der Waals surface area contributed by atoms with E-state index in [9.17, 15) is 17.6 Å². The molecule has 1 amide bonds. The van der Waals surface area contributed by atoms with Gasteiger partial charge in [-0.05, 0) is 77.7 Å². The van der Waals surface area contributed by atoms with E-state index in [2.05, 4.69) is 4.90 Å². The molecule has 2 aromatic rings. The van der Waals surface area contributed by atoms with Crippen molar-refractivity contribution in [2.24, 2.45) is 0 Å². The summed E-state index contributed by atoms with van der Waals surface area (Å²) in [7, 11) is -1.22. The molecule has 0 spiro atoms. The van der Waals surface area contributed by atoms with Crippen molar-refractivity contribution in [2.75, 3.05) is 39.5 Å². The van der Waals surface area contributed by atoms with Gasteiger partial charge in [0, 0.05) is 32.4 Å². The van der Waals surface area contributed by atoms with Crippen molar-refractivity contribution in [3.05, 3.63) is 70.5 Å². The summed E-state index contributed by atoms with van der Waals surface area (Å²) >= 11 is 0. The molecule has 1 fully saturated rings. The fourth-order valence-corrected chi connectivity index (χ4v) is 4.91. The normalized spacial score (nSPS) is 18.4. The van der Waals surface area contributed by atoms with Gasteiger partial charge < -0.3 is 9.80 Å². The number of carbonyl (C=O) groups excluding carboxylic acids is 1. The maximum absolute atomic E-state index is 14.1. The number of hydrogen-bond donors (Lipinski definition) is 0. The largest absolute Gasteiger partial charge is 0.340 e. The number of carbonyl (C=O) groups is 1. The van der Waals surface area contributed by atoms with Gasteiger partial charge in [0.25, 0.3) is 0 Å². The second kappa shape index (κ2) is 8.64. The van der Waals surface area contributed by atoms with Crippen molar-refractivity contribution in [2.45, 2.75) is 18.2 Å². The molecule has 0 bridgehead atoms. The zero-order valence-electron chi connectivity index (χ0n) is 18.6. The highest BCUT2D eigenvalue weighted by Crippen LogP contribution is 2.44. The van der Waals surface area contributed by atoms with Crippen LogP contribution in [0.5, 0.6) is 0 Å². The molecule has 0 aromatic heterocycles. The van der Waals surface area contributed by atoms with Gasteiger partial charge in [0.05, 0.1) is 11.3 Å². The Hall–Kier alpha value is -2.77. The zero-order chi connectivity index (χ0) is 23.0. The lowest BCUT2D eigenvalue weighted by molar-refractivity contribution is -0.131. The van der Waals surface area contributed by atoms with Crippen LogP contribution in [0.15, 0.2) is 52.9 Å². The number of likely N-dealkylation sites (N-methyl/N-ethyl adjacent to an activating group) is 1. The molecule has 1 aliphatic carbocycles. The quantitative estimate of drug-likeness (QED) is 0.707. The molecule has 1 heterocycles. The fraction of sp³-hybridized carbons (Fsp3) is 0.320. The van der Waals surface area contributed by atoms with E-state index in [1.54, 1.807) is 30.3 Å². The standard InChI is InChI=1S/C25H27FN2O3S/c1-17-22(14-18-4-7-20(8-5-18)32(3,30)31)21-9-6-19(26)15-24(21)23(17)16-25(29)28-12-10-27(2)11-13-28/h4-9,14-15H,10-13,16H2,1-3H3. The molecule has 4 rings (SSSR count). The third-order valence-electron chi connectivity index (χ3n) is 6.26. The first kappa shape index (κ1) is 22.4. The Balaban J connectivity index is 1.68. The Morgan fingerprint density at radius 3 is 2.31 bits per heavy atom. The van der Waals surface area contributed by atoms with Crippen LogP contribution in [0, 0.1) is 5.82 Å². The van der Waals surface area contributed by atoms with Gasteiger partial charge in [-0.3, -0.25) is 4.79 Å². The van der Waals surface area contributed by atoms with Gasteiger partial charge in [0.15, 0.2) is 9.84 Å². The molecular weight excluding hydrogens is 427 g/mol. The Labute approximate surface area is 188 Å². The first-order valence-electron chi connectivity index (χ1n) is 10.6. The summed E-state index contributed by atoms with van der Waals surface area (Å²) in [6, 6.07) is 11.4. The van der Waals surface area contributed by atoms with E-state index in [1.165, 1.54) is 18.4 Å². The maximum atomic E-state index is 14.1. The molecule has 0 saturated carbocycles. The summed E-state index contributed by atoms with van der Waals surface area (Å²) in [6.07, 6.45) is 3.38. The average Bonchev–Trinajstić information content (AvgIpc) is 2.99. The second-order valence-electron chi connectivity index (χ2n) is 8.55. The molecule has 0 unspecified atom stereocenters. The number of fused-ring (bicyclic) bond motifs is 1. The van der Waals surface area contributed by atoms with Crippen LogP contribution in [-0.4, -0.2) is 63.6 Å². The molecule has 2 aromatic carbocycles. The Morgan fingerprint density at radius 1 is 1.03 bits per heavy atom. The van der Waals surface area contributed by atoms with E-state index < -0.39 is 9.84 Å². The van der Waals surface area contributed by atoms with E-state index >= 15 is 0 Å². The molecule has 2 aliphatic rings. The summed E-state index contributed by atoms with van der Waals surface area (Å²) in [5.41, 5.74) is 5.20. The molecular formula is C25H27FN2O3S. The van der Waals surface area contributed by atoms with Crippen LogP contribution in [0.25, 0.3) is 17.2 Å². The lowest BCUT2D eigenvalue weighted by atomic mass is 10.0. The molecule has 7 heteroatoms. The molecule has 168 valence electrons. The third-order valence-corrected chi connectivity index (χ3v) is 7.39. The number of piperazine rings is 1. The van der Waals surface area contributed by atoms with E-state index in [4.69, 9.17) is 0 Å². The molecule has 32 heavy (non-hydrogen) atoms. The number of rotatable bonds is 4. The van der Waals surface area contributed by atoms with E-state index in [1.807, 2.05) is 24.9 Å². The zero-order valence-corrected chi connectivity index (χ0v) is 19.4. The molecule has 1 aliphatic heterocycles. The molecule has 1 saturated heterocycles. The first-order chi connectivity index (χ1) is 15.1. The van der Waals surface area contributed by atoms with E-state index in [0.717, 1.165) is 46.5 Å². The predicted molar refractivity (Wildman–Crippen MR) is 125 cm³/mol. The van der Waals surface area contributed by atoms with Crippen molar-refractivity contribution in [3.63, 3.8) is 0 Å². The minimum absolute atomic E-state index is 0.0569. The fourth-order valence-electron chi connectivity index (χ4n) is 4.28. The van der Waals surface area contributed by atoms with Gasteiger partial charge in [0.1, 0.15) is 5.82 Å². The number of halogens is 1. The summed E-state index contributed by atoms with van der Waals surface area (Å²) in [4.78, 5) is 17.3. The maximum Gasteiger partial charge on any atom is 0.227 e. The number of nitrogens with zero attached hydrogens (tertiary/aromatic N) is 2.